The van der Waals surface area contributed by atoms with Gasteiger partial charge in [0.15, 0.2) is 9.84 Å². The van der Waals surface area contributed by atoms with Crippen LogP contribution in [0.25, 0.3) is 10.8 Å². The van der Waals surface area contributed by atoms with Crippen molar-refractivity contribution in [1.82, 2.24) is 15.0 Å². The molecule has 1 aromatic heterocycles. The first-order valence-electron chi connectivity index (χ1n) is 18.6. The fourth-order valence-electron chi connectivity index (χ4n) is 5.91. The maximum atomic E-state index is 12.6. The molecule has 0 fully saturated rings. The van der Waals surface area contributed by atoms with Crippen molar-refractivity contribution >= 4 is 147 Å². The zero-order valence-corrected chi connectivity index (χ0v) is 40.6. The summed E-state index contributed by atoms with van der Waals surface area (Å²) in [5.41, 5.74) is 8.93. The number of primary amides is 1. The average Bonchev–Trinajstić information content (AvgIpc) is 3.23. The normalized spacial score (nSPS) is 12.9. The summed E-state index contributed by atoms with van der Waals surface area (Å²) in [6, 6.07) is 11.0. The van der Waals surface area contributed by atoms with E-state index in [1.54, 1.807) is 0 Å². The van der Waals surface area contributed by atoms with Crippen molar-refractivity contribution < 1.29 is 82.2 Å². The number of anilines is 6. The highest BCUT2D eigenvalue weighted by Gasteiger charge is 2.26. The Kier molecular flexibility index (Phi) is 15.3. The van der Waals surface area contributed by atoms with Gasteiger partial charge >= 0.3 is 16.4 Å². The molecule has 0 aliphatic carbocycles. The van der Waals surface area contributed by atoms with Crippen molar-refractivity contribution in [3.05, 3.63) is 84.1 Å². The second-order valence-electron chi connectivity index (χ2n) is 14.0. The molecule has 38 heteroatoms. The van der Waals surface area contributed by atoms with Gasteiger partial charge in [0.2, 0.25) is 17.2 Å². The van der Waals surface area contributed by atoms with Crippen LogP contribution in [0.4, 0.5) is 62.2 Å². The summed E-state index contributed by atoms with van der Waals surface area (Å²) in [4.78, 5) is 19.8. The van der Waals surface area contributed by atoms with Gasteiger partial charge in [-0.2, -0.15) is 62.2 Å². The summed E-state index contributed by atoms with van der Waals surface area (Å²) in [5.74, 6) is -1.54. The smallest absolute Gasteiger partial charge is 0.397 e. The van der Waals surface area contributed by atoms with Crippen LogP contribution in [0.5, 0.6) is 0 Å². The molecule has 6 aromatic rings. The molecule has 0 atom stereocenters. The standard InChI is InChI=1S/C34H29ClN12O19S6/c35-31-41-33(43-34(42-31)40-25-14-22(36)29(70(57,58)59)15-26(25)46-44-17-1-4-19(5-2-17)67(49,50)8-7-66-72(63,64)65)38-18-3-6-23(24(11-18)39-32(37)48)45-47-27-13-21-16(10-30(27)71(60,61)62)9-20(68(51,52)53)12-28(21)69(54,55)56/h1-6,9-15H,7-8,36H2,(H3,37,39,48)(H,51,52,53)(H,54,55,56)(H,57,58,59)(H,60,61,62)(H,63,64,65)(H2,38,40,41,42,43). The molecule has 5 aromatic carbocycles. The number of nitrogens with zero attached hydrogens (tertiary/aromatic N) is 7. The number of carbonyl (C=O) groups excluding carboxylic acids is 1. The van der Waals surface area contributed by atoms with Gasteiger partial charge in [-0.15, -0.1) is 15.3 Å². The lowest BCUT2D eigenvalue weighted by Gasteiger charge is -2.13. The van der Waals surface area contributed by atoms with Crippen LogP contribution in [0.15, 0.2) is 124 Å². The largest absolute Gasteiger partial charge is 0.398 e. The Bertz CT molecular complexity index is 3980. The number of nitrogens with two attached hydrogens (primary N) is 2. The highest BCUT2D eigenvalue weighted by atomic mass is 35.5. The van der Waals surface area contributed by atoms with Gasteiger partial charge in [-0.25, -0.2) is 17.4 Å². The Morgan fingerprint density at radius 2 is 1.19 bits per heavy atom. The van der Waals surface area contributed by atoms with Gasteiger partial charge in [0.1, 0.15) is 31.7 Å². The summed E-state index contributed by atoms with van der Waals surface area (Å²) in [7, 11) is -29.7. The summed E-state index contributed by atoms with van der Waals surface area (Å²) >= 11 is 6.19. The van der Waals surface area contributed by atoms with Crippen molar-refractivity contribution in [3.8, 4) is 0 Å². The molecule has 0 bridgehead atoms. The average molecular weight is 1140 g/mol. The van der Waals surface area contributed by atoms with Crippen molar-refractivity contribution in [2.24, 2.45) is 26.2 Å². The van der Waals surface area contributed by atoms with Crippen LogP contribution in [0.2, 0.25) is 5.28 Å². The number of hydrogen-bond acceptors (Lipinski definition) is 24. The number of azo groups is 2. The Morgan fingerprint density at radius 1 is 0.597 bits per heavy atom. The van der Waals surface area contributed by atoms with E-state index < -0.39 is 126 Å². The van der Waals surface area contributed by atoms with E-state index in [1.807, 2.05) is 0 Å². The number of urea groups is 1. The molecule has 12 N–H and O–H groups in total. The summed E-state index contributed by atoms with van der Waals surface area (Å²) in [6.07, 6.45) is 0. The van der Waals surface area contributed by atoms with Gasteiger partial charge in [-0.1, -0.05) is 0 Å². The number of benzene rings is 5. The van der Waals surface area contributed by atoms with Gasteiger partial charge in [-0.3, -0.25) is 22.8 Å². The summed E-state index contributed by atoms with van der Waals surface area (Å²) < 4.78 is 196. The van der Waals surface area contributed by atoms with Crippen LogP contribution in [0.1, 0.15) is 0 Å². The van der Waals surface area contributed by atoms with Crippen LogP contribution in [-0.2, 0) is 64.9 Å². The Morgan fingerprint density at radius 3 is 1.78 bits per heavy atom. The lowest BCUT2D eigenvalue weighted by atomic mass is 10.1. The molecule has 0 radical (unpaired) electrons. The molecule has 0 aliphatic rings. The molecule has 382 valence electrons. The first-order chi connectivity index (χ1) is 33.2. The van der Waals surface area contributed by atoms with Crippen LogP contribution in [-0.4, -0.2) is 107 Å². The Labute approximate surface area is 410 Å². The second-order valence-corrected chi connectivity index (χ2v) is 23.1. The lowest BCUT2D eigenvalue weighted by Crippen LogP contribution is -2.19. The third-order valence-corrected chi connectivity index (χ3v) is 14.8. The van der Waals surface area contributed by atoms with Gasteiger partial charge in [0, 0.05) is 11.1 Å². The monoisotopic (exact) mass is 1140 g/mol. The van der Waals surface area contributed by atoms with Gasteiger partial charge in [-0.05, 0) is 95.8 Å². The molecule has 0 aliphatic heterocycles. The fourth-order valence-corrected chi connectivity index (χ4v) is 10.2. The van der Waals surface area contributed by atoms with E-state index in [0.29, 0.717) is 24.3 Å². The molecule has 0 saturated heterocycles. The molecule has 0 spiro atoms. The van der Waals surface area contributed by atoms with Gasteiger partial charge < -0.3 is 27.4 Å². The third-order valence-electron chi connectivity index (χ3n) is 8.91. The third kappa shape index (κ3) is 13.9. The number of carbonyl (C=O) groups is 1. The molecular weight excluding hydrogens is 1110 g/mol. The van der Waals surface area contributed by atoms with Gasteiger partial charge in [0.05, 0.1) is 44.9 Å². The number of aromatic nitrogens is 3. The predicted octanol–water partition coefficient (Wildman–Crippen LogP) is 4.65. The van der Waals surface area contributed by atoms with E-state index >= 15 is 0 Å². The maximum Gasteiger partial charge on any atom is 0.397 e. The van der Waals surface area contributed by atoms with E-state index in [9.17, 15) is 73.5 Å². The minimum atomic E-state index is -5.28. The van der Waals surface area contributed by atoms with Crippen molar-refractivity contribution in [2.75, 3.05) is 34.0 Å². The van der Waals surface area contributed by atoms with E-state index in [1.165, 1.54) is 18.2 Å². The van der Waals surface area contributed by atoms with E-state index in [4.69, 9.17) is 27.6 Å². The number of halogens is 1. The van der Waals surface area contributed by atoms with Crippen LogP contribution in [0.3, 0.4) is 0 Å². The number of fused-ring (bicyclic) bond motifs is 1. The number of nitrogens with one attached hydrogen (secondary N) is 3. The molecule has 2 amide bonds. The number of nitrogen functional groups attached to an aromatic ring is 1. The topological polar surface area (TPSA) is 509 Å². The zero-order chi connectivity index (χ0) is 53.4. The molecule has 0 unspecified atom stereocenters. The maximum absolute atomic E-state index is 12.6. The van der Waals surface area contributed by atoms with Crippen LogP contribution < -0.4 is 27.4 Å². The van der Waals surface area contributed by atoms with Crippen molar-refractivity contribution in [1.29, 1.82) is 0 Å². The molecule has 31 nitrogen and oxygen atoms in total. The summed E-state index contributed by atoms with van der Waals surface area (Å²) in [6.45, 7) is -0.890. The minimum Gasteiger partial charge on any atom is -0.398 e. The minimum absolute atomic E-state index is 0.0170. The van der Waals surface area contributed by atoms with Crippen molar-refractivity contribution in [2.45, 2.75) is 24.5 Å². The number of sulfone groups is 1. The van der Waals surface area contributed by atoms with Crippen LogP contribution in [0, 0.1) is 0 Å². The molecule has 1 heterocycles. The SMILES string of the molecule is NC(=O)Nc1cc(Nc2nc(Cl)nc(Nc3cc(N)c(S(=O)(=O)O)cc3N=Nc3ccc(S(=O)(=O)CCOS(=O)(=O)O)cc3)n2)ccc1N=Nc1cc2c(S(=O)(=O)O)cc(S(=O)(=O)O)cc2cc1S(=O)(=O)O. The highest BCUT2D eigenvalue weighted by molar-refractivity contribution is 7.91. The van der Waals surface area contributed by atoms with Crippen molar-refractivity contribution in [3.63, 3.8) is 0 Å². The van der Waals surface area contributed by atoms with E-state index in [2.05, 4.69) is 55.5 Å². The molecule has 6 rings (SSSR count). The fraction of sp³-hybridized carbons (Fsp3) is 0.0588. The van der Waals surface area contributed by atoms with E-state index in [-0.39, 0.29) is 50.9 Å². The molecule has 72 heavy (non-hydrogen) atoms. The predicted molar refractivity (Wildman–Crippen MR) is 249 cm³/mol. The first-order valence-corrected chi connectivity index (χ1v) is 27.7. The Balaban J connectivity index is 1.32. The zero-order valence-electron chi connectivity index (χ0n) is 35.0. The van der Waals surface area contributed by atoms with Gasteiger partial charge in [0.25, 0.3) is 40.5 Å². The number of hydrogen-bond donors (Lipinski definition) is 10. The Hall–Kier alpha value is -7.01. The number of amides is 2. The first kappa shape index (κ1) is 54.3. The highest BCUT2D eigenvalue weighted by Crippen LogP contribution is 2.39. The molecule has 0 saturated carbocycles. The summed E-state index contributed by atoms with van der Waals surface area (Å²) in [5, 5.41) is 21.7. The quantitative estimate of drug-likeness (QED) is 0.0318. The molecular formula is C34H29ClN12O19S6. The van der Waals surface area contributed by atoms with Crippen LogP contribution >= 0.6 is 11.6 Å². The number of rotatable bonds is 18. The second kappa shape index (κ2) is 20.2. The van der Waals surface area contributed by atoms with E-state index in [0.717, 1.165) is 36.4 Å². The lowest BCUT2D eigenvalue weighted by molar-refractivity contribution is 0.259.